The molecule has 2 aromatic carbocycles. The second-order valence-corrected chi connectivity index (χ2v) is 10.8. The van der Waals surface area contributed by atoms with E-state index in [4.69, 9.17) is 51.1 Å². The molecule has 0 unspecified atom stereocenters. The van der Waals surface area contributed by atoms with E-state index in [2.05, 4.69) is 66.8 Å². The van der Waals surface area contributed by atoms with Crippen LogP contribution < -0.4 is 30.8 Å². The number of benzene rings is 2. The van der Waals surface area contributed by atoms with Crippen molar-refractivity contribution >= 4 is 57.8 Å². The number of nitrogen functional groups attached to an aromatic ring is 2. The lowest BCUT2D eigenvalue weighted by atomic mass is 10.1. The first kappa shape index (κ1) is 37.0. The Morgan fingerprint density at radius 2 is 0.870 bits per heavy atom. The van der Waals surface area contributed by atoms with Gasteiger partial charge in [-0.1, -0.05) is 75.6 Å². The van der Waals surface area contributed by atoms with Crippen molar-refractivity contribution in [2.24, 2.45) is 14.1 Å². The minimum absolute atomic E-state index is 0.850. The van der Waals surface area contributed by atoms with Crippen molar-refractivity contribution in [1.82, 2.24) is 9.13 Å². The standard InChI is InChI=1S/C28H40N6.2C2H2O4/c1-31-23-17-11-13-19-25(23)33(27(31)29)21-15-9-7-5-3-4-6-8-10-16-22-34-26-20-14-12-18-24(26)32(2)28(34)30;2*3-1(4)2(5)6/h11-14,17-20,29-30H,3-10,15-16,21-22H2,1-2H3;2*(H,3,4)(H,5,6). The molecule has 0 aliphatic rings. The minimum Gasteiger partial charge on any atom is -0.543 e. The number of unbranched alkanes of at least 4 members (excludes halogenated alkanes) is 9. The molecular weight excluding hydrogens is 596 g/mol. The molecule has 0 saturated heterocycles. The lowest BCUT2D eigenvalue weighted by Crippen LogP contribution is -2.42. The molecule has 0 amide bonds. The summed E-state index contributed by atoms with van der Waals surface area (Å²) in [6, 6.07) is 17.0. The minimum atomic E-state index is -2.19. The zero-order valence-electron chi connectivity index (χ0n) is 26.4. The van der Waals surface area contributed by atoms with Gasteiger partial charge in [0.1, 0.15) is 22.1 Å². The zero-order chi connectivity index (χ0) is 34.2. The van der Waals surface area contributed by atoms with Crippen LogP contribution >= 0.6 is 0 Å². The second kappa shape index (κ2) is 18.6. The van der Waals surface area contributed by atoms with Gasteiger partial charge in [-0.15, -0.1) is 0 Å². The smallest absolute Gasteiger partial charge is 0.414 e. The van der Waals surface area contributed by atoms with Crippen molar-refractivity contribution in [3.05, 3.63) is 48.5 Å². The lowest BCUT2D eigenvalue weighted by Gasteiger charge is -2.04. The van der Waals surface area contributed by atoms with Gasteiger partial charge in [0.25, 0.3) is 0 Å². The molecule has 4 rings (SSSR count). The number of hydrogen-bond donors (Lipinski definition) is 4. The lowest BCUT2D eigenvalue weighted by molar-refractivity contribution is -0.630. The first-order valence-corrected chi connectivity index (χ1v) is 15.2. The number of carbonyl (C=O) groups is 4. The highest BCUT2D eigenvalue weighted by molar-refractivity contribution is 6.27. The van der Waals surface area contributed by atoms with E-state index in [1.807, 2.05) is 14.1 Å². The van der Waals surface area contributed by atoms with Crippen LogP contribution in [-0.2, 0) is 46.4 Å². The van der Waals surface area contributed by atoms with Gasteiger partial charge in [0.2, 0.25) is 0 Å². The number of hydrogen-bond acceptors (Lipinski definition) is 8. The van der Waals surface area contributed by atoms with E-state index in [0.29, 0.717) is 0 Å². The summed E-state index contributed by atoms with van der Waals surface area (Å²) in [6.07, 6.45) is 13.0. The Labute approximate surface area is 267 Å². The van der Waals surface area contributed by atoms with Crippen LogP contribution in [0.3, 0.4) is 0 Å². The third-order valence-corrected chi connectivity index (χ3v) is 7.67. The summed E-state index contributed by atoms with van der Waals surface area (Å²) in [7, 11) is 4.10. The molecule has 14 heteroatoms. The van der Waals surface area contributed by atoms with Gasteiger partial charge < -0.3 is 30.0 Å². The summed E-state index contributed by atoms with van der Waals surface area (Å²) < 4.78 is 8.70. The van der Waals surface area contributed by atoms with Crippen LogP contribution in [0.2, 0.25) is 0 Å². The number of para-hydroxylation sites is 4. The molecule has 0 saturated carbocycles. The summed E-state index contributed by atoms with van der Waals surface area (Å²) in [5.74, 6) is -6.32. The van der Waals surface area contributed by atoms with Gasteiger partial charge >= 0.3 is 23.8 Å². The maximum atomic E-state index is 9.10. The number of carboxylic acids is 4. The molecule has 6 N–H and O–H groups in total. The molecule has 0 aliphatic carbocycles. The molecule has 0 radical (unpaired) electrons. The number of carbonyl (C=O) groups excluding carboxylic acids is 2. The van der Waals surface area contributed by atoms with Gasteiger partial charge in [-0.2, -0.15) is 0 Å². The van der Waals surface area contributed by atoms with E-state index in [0.717, 1.165) is 25.0 Å². The number of aryl methyl sites for hydroxylation is 4. The first-order chi connectivity index (χ1) is 21.9. The number of nitrogens with two attached hydrogens (primary N) is 2. The molecule has 0 spiro atoms. The molecule has 0 aliphatic heterocycles. The SMILES string of the molecule is C[n+]1c(N)n(CCCCCCCCCCCCn2c(N)[n+](C)c3ccccc32)c2ccccc21.O=C(O)C(=O)O.O=C([O-])C(=O)[O-]. The molecule has 0 atom stereocenters. The van der Waals surface area contributed by atoms with E-state index in [-0.39, 0.29) is 0 Å². The summed E-state index contributed by atoms with van der Waals surface area (Å²) in [5, 5.41) is 32.6. The van der Waals surface area contributed by atoms with Crippen molar-refractivity contribution in [3.63, 3.8) is 0 Å². The monoisotopic (exact) mass is 640 g/mol. The number of aliphatic carboxylic acids is 4. The van der Waals surface area contributed by atoms with Crippen LogP contribution in [0.4, 0.5) is 11.9 Å². The summed E-state index contributed by atoms with van der Waals surface area (Å²) in [6.45, 7) is 2.01. The average molecular weight is 641 g/mol. The van der Waals surface area contributed by atoms with E-state index in [9.17, 15) is 0 Å². The number of aromatic nitrogens is 4. The van der Waals surface area contributed by atoms with E-state index in [1.54, 1.807) is 0 Å². The number of imidazole rings is 2. The van der Waals surface area contributed by atoms with Gasteiger partial charge in [0.05, 0.1) is 39.1 Å². The predicted molar refractivity (Wildman–Crippen MR) is 167 cm³/mol. The Bertz CT molecular complexity index is 1480. The van der Waals surface area contributed by atoms with Crippen molar-refractivity contribution < 1.29 is 48.7 Å². The molecule has 46 heavy (non-hydrogen) atoms. The van der Waals surface area contributed by atoms with Gasteiger partial charge in [-0.05, 0) is 37.1 Å². The highest BCUT2D eigenvalue weighted by Crippen LogP contribution is 2.19. The maximum absolute atomic E-state index is 9.10. The first-order valence-electron chi connectivity index (χ1n) is 15.2. The fraction of sp³-hybridized carbons (Fsp3) is 0.438. The van der Waals surface area contributed by atoms with Gasteiger partial charge in [-0.3, -0.25) is 11.5 Å². The molecule has 2 aromatic heterocycles. The second-order valence-electron chi connectivity index (χ2n) is 10.8. The highest BCUT2D eigenvalue weighted by Gasteiger charge is 2.18. The van der Waals surface area contributed by atoms with Gasteiger partial charge in [-0.25, -0.2) is 27.9 Å². The predicted octanol–water partition coefficient (Wildman–Crippen LogP) is 0.652. The van der Waals surface area contributed by atoms with Crippen LogP contribution in [0.5, 0.6) is 0 Å². The van der Waals surface area contributed by atoms with Crippen molar-refractivity contribution in [2.45, 2.75) is 77.3 Å². The normalized spacial score (nSPS) is 10.6. The Morgan fingerprint density at radius 3 is 1.15 bits per heavy atom. The Balaban J connectivity index is 0.000000522. The molecule has 0 bridgehead atoms. The van der Waals surface area contributed by atoms with E-state index >= 15 is 0 Å². The number of rotatable bonds is 13. The average Bonchev–Trinajstić information content (AvgIpc) is 3.42. The van der Waals surface area contributed by atoms with Crippen LogP contribution in [-0.4, -0.2) is 43.2 Å². The van der Waals surface area contributed by atoms with E-state index in [1.165, 1.54) is 86.3 Å². The van der Waals surface area contributed by atoms with Crippen LogP contribution in [0, 0.1) is 0 Å². The zero-order valence-corrected chi connectivity index (χ0v) is 26.4. The Hall–Kier alpha value is -5.14. The summed E-state index contributed by atoms with van der Waals surface area (Å²) in [5.41, 5.74) is 17.6. The largest absolute Gasteiger partial charge is 0.543 e. The Kier molecular flexibility index (Phi) is 15.0. The van der Waals surface area contributed by atoms with Crippen molar-refractivity contribution in [2.75, 3.05) is 11.5 Å². The molecule has 250 valence electrons. The third kappa shape index (κ3) is 10.8. The highest BCUT2D eigenvalue weighted by atomic mass is 16.4. The number of nitrogens with zero attached hydrogens (tertiary/aromatic N) is 4. The van der Waals surface area contributed by atoms with Crippen molar-refractivity contribution in [3.8, 4) is 0 Å². The van der Waals surface area contributed by atoms with Crippen LogP contribution in [0.15, 0.2) is 48.5 Å². The summed E-state index contributed by atoms with van der Waals surface area (Å²) in [4.78, 5) is 36.1. The molecule has 2 heterocycles. The molecule has 4 aromatic rings. The quantitative estimate of drug-likeness (QED) is 0.0907. The van der Waals surface area contributed by atoms with Gasteiger partial charge in [0.15, 0.2) is 0 Å². The number of anilines is 2. The summed E-state index contributed by atoms with van der Waals surface area (Å²) >= 11 is 0. The van der Waals surface area contributed by atoms with Crippen LogP contribution in [0.1, 0.15) is 64.2 Å². The molecule has 0 fully saturated rings. The third-order valence-electron chi connectivity index (χ3n) is 7.67. The fourth-order valence-corrected chi connectivity index (χ4v) is 5.23. The van der Waals surface area contributed by atoms with Crippen LogP contribution in [0.25, 0.3) is 22.1 Å². The Morgan fingerprint density at radius 1 is 0.587 bits per heavy atom. The topological polar surface area (TPSA) is 225 Å². The molecule has 14 nitrogen and oxygen atoms in total. The maximum Gasteiger partial charge on any atom is 0.414 e. The number of carboxylic acid groups (broad SMARTS) is 4. The van der Waals surface area contributed by atoms with Gasteiger partial charge in [0, 0.05) is 0 Å². The number of fused-ring (bicyclic) bond motifs is 2. The van der Waals surface area contributed by atoms with Crippen molar-refractivity contribution in [1.29, 1.82) is 0 Å². The fourth-order valence-electron chi connectivity index (χ4n) is 5.23. The van der Waals surface area contributed by atoms with E-state index < -0.39 is 23.9 Å². The molecular formula is C32H44N6O8.